The molecule has 1 saturated heterocycles. The van der Waals surface area contributed by atoms with E-state index in [0.717, 1.165) is 38.5 Å². The Balaban J connectivity index is 2.20. The van der Waals surface area contributed by atoms with Crippen molar-refractivity contribution in [2.75, 3.05) is 7.11 Å². The van der Waals surface area contributed by atoms with E-state index in [4.69, 9.17) is 4.74 Å². The normalized spacial score (nSPS) is 34.0. The van der Waals surface area contributed by atoms with Gasteiger partial charge in [0.05, 0.1) is 6.10 Å². The first-order chi connectivity index (χ1) is 10.1. The van der Waals surface area contributed by atoms with E-state index in [0.29, 0.717) is 6.42 Å². The summed E-state index contributed by atoms with van der Waals surface area (Å²) in [5.74, 6) is 0.111. The Morgan fingerprint density at radius 3 is 2.67 bits per heavy atom. The smallest absolute Gasteiger partial charge is 0.246 e. The minimum atomic E-state index is -0.353. The Kier molecular flexibility index (Phi) is 5.62. The number of piperazine rings is 1. The number of hydrogen-bond acceptors (Lipinski definition) is 3. The van der Waals surface area contributed by atoms with Crippen molar-refractivity contribution in [3.05, 3.63) is 0 Å². The van der Waals surface area contributed by atoms with Crippen molar-refractivity contribution in [2.45, 2.75) is 83.0 Å². The van der Waals surface area contributed by atoms with Gasteiger partial charge in [-0.3, -0.25) is 9.59 Å². The summed E-state index contributed by atoms with van der Waals surface area (Å²) in [6, 6.07) is -0.507. The number of hydrogen-bond donors (Lipinski definition) is 1. The van der Waals surface area contributed by atoms with Gasteiger partial charge in [0.15, 0.2) is 0 Å². The number of carbonyl (C=O) groups is 2. The highest BCUT2D eigenvalue weighted by Crippen LogP contribution is 2.29. The fourth-order valence-corrected chi connectivity index (χ4v) is 3.63. The molecule has 0 spiro atoms. The summed E-state index contributed by atoms with van der Waals surface area (Å²) < 4.78 is 5.48. The Labute approximate surface area is 127 Å². The van der Waals surface area contributed by atoms with Crippen LogP contribution in [0, 0.1) is 0 Å². The molecule has 1 N–H and O–H groups in total. The van der Waals surface area contributed by atoms with Crippen LogP contribution < -0.4 is 5.32 Å². The van der Waals surface area contributed by atoms with Crippen LogP contribution in [0.5, 0.6) is 0 Å². The molecule has 1 heterocycles. The van der Waals surface area contributed by atoms with Gasteiger partial charge in [0.2, 0.25) is 11.8 Å². The highest BCUT2D eigenvalue weighted by atomic mass is 16.5. The van der Waals surface area contributed by atoms with Crippen molar-refractivity contribution in [1.82, 2.24) is 10.2 Å². The predicted molar refractivity (Wildman–Crippen MR) is 80.8 cm³/mol. The summed E-state index contributed by atoms with van der Waals surface area (Å²) in [6.45, 7) is 4.00. The highest BCUT2D eigenvalue weighted by Gasteiger charge is 2.43. The first-order valence-electron chi connectivity index (χ1n) is 8.27. The Hall–Kier alpha value is -1.10. The van der Waals surface area contributed by atoms with Gasteiger partial charge in [0.25, 0.3) is 0 Å². The summed E-state index contributed by atoms with van der Waals surface area (Å²) in [5.41, 5.74) is 0. The van der Waals surface area contributed by atoms with E-state index in [1.54, 1.807) is 7.11 Å². The molecule has 120 valence electrons. The number of ether oxygens (including phenoxy) is 1. The SMILES string of the molecule is CCCC1C(=O)NC(CC)C(=O)N1C1CCCC(OC)C1. The van der Waals surface area contributed by atoms with Gasteiger partial charge in [0.1, 0.15) is 12.1 Å². The van der Waals surface area contributed by atoms with Crippen molar-refractivity contribution < 1.29 is 14.3 Å². The maximum Gasteiger partial charge on any atom is 0.246 e. The number of carbonyl (C=O) groups excluding carboxylic acids is 2. The fraction of sp³-hybridized carbons (Fsp3) is 0.875. The molecule has 2 fully saturated rings. The van der Waals surface area contributed by atoms with E-state index in [1.165, 1.54) is 0 Å². The third-order valence-electron chi connectivity index (χ3n) is 4.80. The predicted octanol–water partition coefficient (Wildman–Crippen LogP) is 1.85. The number of nitrogens with zero attached hydrogens (tertiary/aromatic N) is 1. The van der Waals surface area contributed by atoms with E-state index in [1.807, 2.05) is 11.8 Å². The second-order valence-electron chi connectivity index (χ2n) is 6.20. The molecule has 0 aromatic rings. The van der Waals surface area contributed by atoms with E-state index in [2.05, 4.69) is 12.2 Å². The summed E-state index contributed by atoms with van der Waals surface area (Å²) in [7, 11) is 1.73. The first-order valence-corrected chi connectivity index (χ1v) is 8.27. The van der Waals surface area contributed by atoms with Crippen LogP contribution in [-0.4, -0.2) is 48.1 Å². The maximum atomic E-state index is 12.8. The van der Waals surface area contributed by atoms with Gasteiger partial charge in [-0.05, 0) is 38.5 Å². The quantitative estimate of drug-likeness (QED) is 0.842. The molecule has 2 amide bonds. The largest absolute Gasteiger partial charge is 0.381 e. The Morgan fingerprint density at radius 1 is 1.29 bits per heavy atom. The Bertz CT molecular complexity index is 386. The topological polar surface area (TPSA) is 58.6 Å². The van der Waals surface area contributed by atoms with Gasteiger partial charge in [-0.1, -0.05) is 20.3 Å². The molecular formula is C16H28N2O3. The van der Waals surface area contributed by atoms with Crippen LogP contribution in [0.15, 0.2) is 0 Å². The molecule has 1 aliphatic carbocycles. The molecule has 0 radical (unpaired) electrons. The number of amides is 2. The van der Waals surface area contributed by atoms with Crippen molar-refractivity contribution in [2.24, 2.45) is 0 Å². The van der Waals surface area contributed by atoms with Crippen LogP contribution in [0.3, 0.4) is 0 Å². The van der Waals surface area contributed by atoms with Gasteiger partial charge < -0.3 is 15.0 Å². The molecule has 2 aliphatic rings. The molecular weight excluding hydrogens is 268 g/mol. The van der Waals surface area contributed by atoms with Crippen molar-refractivity contribution in [3.8, 4) is 0 Å². The highest BCUT2D eigenvalue weighted by molar-refractivity contribution is 5.97. The van der Waals surface area contributed by atoms with Crippen molar-refractivity contribution in [1.29, 1.82) is 0 Å². The first kappa shape index (κ1) is 16.3. The zero-order valence-corrected chi connectivity index (χ0v) is 13.4. The van der Waals surface area contributed by atoms with Crippen LogP contribution >= 0.6 is 0 Å². The molecule has 4 unspecified atom stereocenters. The van der Waals surface area contributed by atoms with Gasteiger partial charge in [0, 0.05) is 13.2 Å². The van der Waals surface area contributed by atoms with Gasteiger partial charge in [-0.25, -0.2) is 0 Å². The van der Waals surface area contributed by atoms with Crippen LogP contribution in [-0.2, 0) is 14.3 Å². The van der Waals surface area contributed by atoms with Crippen LogP contribution in [0.2, 0.25) is 0 Å². The van der Waals surface area contributed by atoms with Gasteiger partial charge >= 0.3 is 0 Å². The summed E-state index contributed by atoms with van der Waals surface area (Å²) in [5, 5.41) is 2.88. The Morgan fingerprint density at radius 2 is 2.05 bits per heavy atom. The second kappa shape index (κ2) is 7.25. The monoisotopic (exact) mass is 296 g/mol. The van der Waals surface area contributed by atoms with Gasteiger partial charge in [-0.15, -0.1) is 0 Å². The van der Waals surface area contributed by atoms with Crippen LogP contribution in [0.25, 0.3) is 0 Å². The summed E-state index contributed by atoms with van der Waals surface area (Å²) >= 11 is 0. The zero-order chi connectivity index (χ0) is 15.4. The molecule has 1 saturated carbocycles. The summed E-state index contributed by atoms with van der Waals surface area (Å²) in [4.78, 5) is 27.0. The van der Waals surface area contributed by atoms with E-state index < -0.39 is 0 Å². The van der Waals surface area contributed by atoms with Crippen LogP contribution in [0.1, 0.15) is 58.8 Å². The molecule has 5 nitrogen and oxygen atoms in total. The van der Waals surface area contributed by atoms with E-state index in [9.17, 15) is 9.59 Å². The standard InChI is InChI=1S/C16H28N2O3/c1-4-7-14-15(19)17-13(5-2)16(20)18(14)11-8-6-9-12(10-11)21-3/h11-14H,4-10H2,1-3H3,(H,17,19). The lowest BCUT2D eigenvalue weighted by atomic mass is 9.88. The van der Waals surface area contributed by atoms with Crippen molar-refractivity contribution in [3.63, 3.8) is 0 Å². The number of rotatable bonds is 5. The van der Waals surface area contributed by atoms with Gasteiger partial charge in [-0.2, -0.15) is 0 Å². The molecule has 0 aromatic carbocycles. The minimum absolute atomic E-state index is 0.0165. The lowest BCUT2D eigenvalue weighted by Gasteiger charge is -2.45. The minimum Gasteiger partial charge on any atom is -0.381 e. The lowest BCUT2D eigenvalue weighted by molar-refractivity contribution is -0.154. The molecule has 5 heteroatoms. The molecule has 0 aromatic heterocycles. The van der Waals surface area contributed by atoms with Crippen LogP contribution in [0.4, 0.5) is 0 Å². The fourth-order valence-electron chi connectivity index (χ4n) is 3.63. The number of nitrogens with one attached hydrogen (secondary N) is 1. The third-order valence-corrected chi connectivity index (χ3v) is 4.80. The average Bonchev–Trinajstić information content (AvgIpc) is 2.51. The molecule has 4 atom stereocenters. The third kappa shape index (κ3) is 3.39. The maximum absolute atomic E-state index is 12.8. The lowest BCUT2D eigenvalue weighted by Crippen LogP contribution is -2.66. The van der Waals surface area contributed by atoms with Crippen molar-refractivity contribution >= 4 is 11.8 Å². The zero-order valence-electron chi connectivity index (χ0n) is 13.4. The second-order valence-corrected chi connectivity index (χ2v) is 6.20. The molecule has 2 rings (SSSR count). The average molecular weight is 296 g/mol. The number of methoxy groups -OCH3 is 1. The van der Waals surface area contributed by atoms with E-state index >= 15 is 0 Å². The molecule has 21 heavy (non-hydrogen) atoms. The molecule has 1 aliphatic heterocycles. The summed E-state index contributed by atoms with van der Waals surface area (Å²) in [6.07, 6.45) is 6.45. The van der Waals surface area contributed by atoms with E-state index in [-0.39, 0.29) is 36.0 Å². The molecule has 0 bridgehead atoms.